The highest BCUT2D eigenvalue weighted by Crippen LogP contribution is 2.46. The van der Waals surface area contributed by atoms with Gasteiger partial charge in [-0.25, -0.2) is 9.97 Å². The van der Waals surface area contributed by atoms with Gasteiger partial charge in [-0.2, -0.15) is 0 Å². The number of nitrogens with zero attached hydrogens (tertiary/aromatic N) is 3. The zero-order valence-corrected chi connectivity index (χ0v) is 14.3. The van der Waals surface area contributed by atoms with Crippen molar-refractivity contribution in [3.63, 3.8) is 0 Å². The minimum Gasteiger partial charge on any atom is -0.381 e. The molecule has 4 nitrogen and oxygen atoms in total. The van der Waals surface area contributed by atoms with Gasteiger partial charge >= 0.3 is 0 Å². The van der Waals surface area contributed by atoms with Gasteiger partial charge in [-0.3, -0.25) is 0 Å². The van der Waals surface area contributed by atoms with Crippen LogP contribution in [0.5, 0.6) is 0 Å². The summed E-state index contributed by atoms with van der Waals surface area (Å²) >= 11 is 0. The summed E-state index contributed by atoms with van der Waals surface area (Å²) in [5.74, 6) is 2.11. The number of methoxy groups -OCH3 is 1. The highest BCUT2D eigenvalue weighted by atomic mass is 16.5. The largest absolute Gasteiger partial charge is 0.381 e. The Balaban J connectivity index is 1.83. The third kappa shape index (κ3) is 2.98. The monoisotopic (exact) mass is 303 g/mol. The van der Waals surface area contributed by atoms with E-state index in [1.165, 1.54) is 32.1 Å². The molecule has 3 rings (SSSR count). The molecule has 2 fully saturated rings. The molecule has 0 bridgehead atoms. The average Bonchev–Trinajstić information content (AvgIpc) is 2.89. The minimum absolute atomic E-state index is 0.344. The van der Waals surface area contributed by atoms with Crippen LogP contribution in [0.1, 0.15) is 57.0 Å². The van der Waals surface area contributed by atoms with Crippen molar-refractivity contribution in [2.75, 3.05) is 25.1 Å². The van der Waals surface area contributed by atoms with Crippen LogP contribution in [-0.2, 0) is 11.2 Å². The summed E-state index contributed by atoms with van der Waals surface area (Å²) < 4.78 is 5.82. The van der Waals surface area contributed by atoms with Crippen molar-refractivity contribution in [1.29, 1.82) is 0 Å². The summed E-state index contributed by atoms with van der Waals surface area (Å²) in [5, 5.41) is 0. The Morgan fingerprint density at radius 2 is 2.14 bits per heavy atom. The first-order valence-corrected chi connectivity index (χ1v) is 8.79. The van der Waals surface area contributed by atoms with Gasteiger partial charge in [-0.15, -0.1) is 0 Å². The average molecular weight is 303 g/mol. The summed E-state index contributed by atoms with van der Waals surface area (Å²) in [5.41, 5.74) is 1.43. The first kappa shape index (κ1) is 15.7. The van der Waals surface area contributed by atoms with Gasteiger partial charge in [0.15, 0.2) is 0 Å². The molecule has 1 saturated carbocycles. The SMILES string of the molecule is CCCc1nc(C)cc(N2CCC[C@@]3(CCC[C@H]3OC)C2)n1. The maximum atomic E-state index is 5.82. The van der Waals surface area contributed by atoms with Crippen molar-refractivity contribution in [3.8, 4) is 0 Å². The summed E-state index contributed by atoms with van der Waals surface area (Å²) in [6.45, 7) is 6.47. The molecule has 1 aliphatic carbocycles. The van der Waals surface area contributed by atoms with Crippen LogP contribution in [0.2, 0.25) is 0 Å². The number of piperidine rings is 1. The molecule has 1 aromatic heterocycles. The van der Waals surface area contributed by atoms with Crippen molar-refractivity contribution in [2.45, 2.75) is 64.9 Å². The highest BCUT2D eigenvalue weighted by Gasteiger charge is 2.46. The second kappa shape index (κ2) is 6.53. The van der Waals surface area contributed by atoms with Gasteiger partial charge in [0, 0.05) is 43.8 Å². The molecule has 122 valence electrons. The Bertz CT molecular complexity index is 519. The van der Waals surface area contributed by atoms with Crippen molar-refractivity contribution in [2.24, 2.45) is 5.41 Å². The van der Waals surface area contributed by atoms with E-state index >= 15 is 0 Å². The first-order valence-electron chi connectivity index (χ1n) is 8.79. The van der Waals surface area contributed by atoms with E-state index in [1.54, 1.807) is 0 Å². The van der Waals surface area contributed by atoms with Crippen LogP contribution >= 0.6 is 0 Å². The van der Waals surface area contributed by atoms with Crippen LogP contribution in [0.4, 0.5) is 5.82 Å². The third-order valence-corrected chi connectivity index (χ3v) is 5.40. The van der Waals surface area contributed by atoms with Gasteiger partial charge in [-0.1, -0.05) is 13.3 Å². The van der Waals surface area contributed by atoms with Crippen molar-refractivity contribution < 1.29 is 4.74 Å². The normalized spacial score (nSPS) is 28.5. The number of hydrogen-bond donors (Lipinski definition) is 0. The maximum absolute atomic E-state index is 5.82. The number of aryl methyl sites for hydroxylation is 2. The summed E-state index contributed by atoms with van der Waals surface area (Å²) in [6.07, 6.45) is 8.85. The van der Waals surface area contributed by atoms with E-state index in [1.807, 2.05) is 7.11 Å². The van der Waals surface area contributed by atoms with Gasteiger partial charge < -0.3 is 9.64 Å². The van der Waals surface area contributed by atoms with Gasteiger partial charge in [-0.05, 0) is 39.0 Å². The highest BCUT2D eigenvalue weighted by molar-refractivity contribution is 5.41. The molecular weight excluding hydrogens is 274 g/mol. The van der Waals surface area contributed by atoms with Gasteiger partial charge in [0.05, 0.1) is 6.10 Å². The molecule has 1 aliphatic heterocycles. The fraction of sp³-hybridized carbons (Fsp3) is 0.778. The Morgan fingerprint density at radius 3 is 2.91 bits per heavy atom. The quantitative estimate of drug-likeness (QED) is 0.853. The van der Waals surface area contributed by atoms with Crippen molar-refractivity contribution >= 4 is 5.82 Å². The van der Waals surface area contributed by atoms with Crippen LogP contribution in [-0.4, -0.2) is 36.3 Å². The number of aromatic nitrogens is 2. The second-order valence-electron chi connectivity index (χ2n) is 7.04. The Hall–Kier alpha value is -1.16. The van der Waals surface area contributed by atoms with Gasteiger partial charge in [0.2, 0.25) is 0 Å². The van der Waals surface area contributed by atoms with Gasteiger partial charge in [0.1, 0.15) is 11.6 Å². The number of rotatable bonds is 4. The van der Waals surface area contributed by atoms with E-state index in [4.69, 9.17) is 9.72 Å². The summed E-state index contributed by atoms with van der Waals surface area (Å²) in [4.78, 5) is 11.9. The molecule has 2 heterocycles. The van der Waals surface area contributed by atoms with Crippen LogP contribution in [0, 0.1) is 12.3 Å². The molecule has 2 atom stereocenters. The van der Waals surface area contributed by atoms with E-state index in [-0.39, 0.29) is 0 Å². The Morgan fingerprint density at radius 1 is 1.32 bits per heavy atom. The first-order chi connectivity index (χ1) is 10.7. The fourth-order valence-corrected chi connectivity index (χ4v) is 4.41. The number of anilines is 1. The van der Waals surface area contributed by atoms with E-state index in [9.17, 15) is 0 Å². The molecule has 0 aromatic carbocycles. The molecule has 1 saturated heterocycles. The van der Waals surface area contributed by atoms with Crippen LogP contribution in [0.15, 0.2) is 6.07 Å². The predicted octanol–water partition coefficient (Wildman–Crippen LogP) is 3.52. The van der Waals surface area contributed by atoms with Gasteiger partial charge in [0.25, 0.3) is 0 Å². The molecule has 2 aliphatic rings. The Kier molecular flexibility index (Phi) is 4.67. The molecule has 0 N–H and O–H groups in total. The molecule has 1 aromatic rings. The molecule has 0 radical (unpaired) electrons. The third-order valence-electron chi connectivity index (χ3n) is 5.40. The standard InChI is InChI=1S/C18H29N3O/c1-4-7-16-19-14(2)12-17(20-16)21-11-6-10-18(13-21)9-5-8-15(18)22-3/h12,15H,4-11,13H2,1-3H3/t15-,18+/m1/s1. The van der Waals surface area contributed by atoms with E-state index in [0.29, 0.717) is 11.5 Å². The summed E-state index contributed by atoms with van der Waals surface area (Å²) in [6, 6.07) is 2.15. The smallest absolute Gasteiger partial charge is 0.132 e. The second-order valence-corrected chi connectivity index (χ2v) is 7.04. The van der Waals surface area contributed by atoms with E-state index in [2.05, 4.69) is 29.8 Å². The molecule has 0 amide bonds. The number of ether oxygens (including phenoxy) is 1. The van der Waals surface area contributed by atoms with Crippen LogP contribution < -0.4 is 4.90 Å². The van der Waals surface area contributed by atoms with Crippen molar-refractivity contribution in [1.82, 2.24) is 9.97 Å². The lowest BCUT2D eigenvalue weighted by Gasteiger charge is -2.44. The molecule has 22 heavy (non-hydrogen) atoms. The van der Waals surface area contributed by atoms with E-state index < -0.39 is 0 Å². The van der Waals surface area contributed by atoms with E-state index in [0.717, 1.165) is 43.3 Å². The lowest BCUT2D eigenvalue weighted by atomic mass is 9.76. The Labute approximate surface area is 134 Å². The maximum Gasteiger partial charge on any atom is 0.132 e. The zero-order valence-electron chi connectivity index (χ0n) is 14.3. The fourth-order valence-electron chi connectivity index (χ4n) is 4.41. The van der Waals surface area contributed by atoms with Crippen molar-refractivity contribution in [3.05, 3.63) is 17.6 Å². The molecule has 1 spiro atoms. The van der Waals surface area contributed by atoms with Crippen LogP contribution in [0.25, 0.3) is 0 Å². The summed E-state index contributed by atoms with van der Waals surface area (Å²) in [7, 11) is 1.88. The lowest BCUT2D eigenvalue weighted by molar-refractivity contribution is 0.00215. The zero-order chi connectivity index (χ0) is 15.6. The minimum atomic E-state index is 0.344. The topological polar surface area (TPSA) is 38.2 Å². The van der Waals surface area contributed by atoms with Crippen LogP contribution in [0.3, 0.4) is 0 Å². The predicted molar refractivity (Wildman–Crippen MR) is 89.3 cm³/mol. The molecule has 4 heteroatoms. The number of hydrogen-bond acceptors (Lipinski definition) is 4. The molecular formula is C18H29N3O. The lowest BCUT2D eigenvalue weighted by Crippen LogP contribution is -2.48. The molecule has 0 unspecified atom stereocenters.